The molecule has 0 amide bonds. The minimum atomic E-state index is 0.331. The van der Waals surface area contributed by atoms with Crippen molar-refractivity contribution in [3.63, 3.8) is 0 Å². The molecule has 1 N–H and O–H groups in total. The summed E-state index contributed by atoms with van der Waals surface area (Å²) in [7, 11) is 0. The van der Waals surface area contributed by atoms with Gasteiger partial charge in [-0.25, -0.2) is 0 Å². The van der Waals surface area contributed by atoms with Gasteiger partial charge in [-0.1, -0.05) is 13.0 Å². The summed E-state index contributed by atoms with van der Waals surface area (Å²) < 4.78 is 5.23. The van der Waals surface area contributed by atoms with Gasteiger partial charge in [-0.05, 0) is 37.1 Å². The molecular weight excluding hydrogens is 186 g/mol. The molecule has 2 rings (SSSR count). The van der Waals surface area contributed by atoms with E-state index < -0.39 is 0 Å². The number of benzene rings is 1. The van der Waals surface area contributed by atoms with Gasteiger partial charge >= 0.3 is 0 Å². The first-order valence-electron chi connectivity index (χ1n) is 5.47. The Morgan fingerprint density at radius 1 is 1.20 bits per heavy atom. The maximum atomic E-state index is 5.23. The normalized spacial score (nSPS) is 18.3. The van der Waals surface area contributed by atoms with Crippen LogP contribution in [0.4, 0.5) is 5.69 Å². The lowest BCUT2D eigenvalue weighted by Crippen LogP contribution is -2.45. The van der Waals surface area contributed by atoms with Crippen LogP contribution in [-0.2, 0) is 4.74 Å². The van der Waals surface area contributed by atoms with Crippen molar-refractivity contribution in [2.24, 2.45) is 5.41 Å². The van der Waals surface area contributed by atoms with Crippen LogP contribution in [0.25, 0.3) is 0 Å². The summed E-state index contributed by atoms with van der Waals surface area (Å²) in [5, 5.41) is 3.49. The highest BCUT2D eigenvalue weighted by atomic mass is 16.5. The van der Waals surface area contributed by atoms with Crippen LogP contribution in [0.2, 0.25) is 0 Å². The Morgan fingerprint density at radius 3 is 2.27 bits per heavy atom. The Labute approximate surface area is 91.6 Å². The van der Waals surface area contributed by atoms with E-state index in [9.17, 15) is 0 Å². The predicted molar refractivity (Wildman–Crippen MR) is 63.3 cm³/mol. The Morgan fingerprint density at radius 2 is 1.80 bits per heavy atom. The molecule has 1 aliphatic heterocycles. The van der Waals surface area contributed by atoms with E-state index in [0.717, 1.165) is 19.8 Å². The Hall–Kier alpha value is -1.02. The van der Waals surface area contributed by atoms with Gasteiger partial charge in [0.25, 0.3) is 0 Å². The molecule has 0 unspecified atom stereocenters. The van der Waals surface area contributed by atoms with Crippen molar-refractivity contribution >= 4 is 5.69 Å². The van der Waals surface area contributed by atoms with E-state index in [1.54, 1.807) is 0 Å². The molecule has 0 aliphatic carbocycles. The molecule has 0 bridgehead atoms. The summed E-state index contributed by atoms with van der Waals surface area (Å²) >= 11 is 0. The molecule has 15 heavy (non-hydrogen) atoms. The molecule has 0 aromatic heterocycles. The van der Waals surface area contributed by atoms with Crippen LogP contribution in [0.5, 0.6) is 0 Å². The number of aryl methyl sites for hydroxylation is 2. The highest BCUT2D eigenvalue weighted by Gasteiger charge is 2.32. The first-order chi connectivity index (χ1) is 7.07. The smallest absolute Gasteiger partial charge is 0.0559 e. The van der Waals surface area contributed by atoms with Crippen LogP contribution in [0, 0.1) is 19.3 Å². The molecule has 1 aromatic rings. The maximum Gasteiger partial charge on any atom is 0.0559 e. The number of hydrogen-bond acceptors (Lipinski definition) is 2. The Kier molecular flexibility index (Phi) is 2.70. The van der Waals surface area contributed by atoms with E-state index in [1.165, 1.54) is 16.8 Å². The van der Waals surface area contributed by atoms with Gasteiger partial charge in [0.2, 0.25) is 0 Å². The van der Waals surface area contributed by atoms with Crippen LogP contribution < -0.4 is 5.32 Å². The van der Waals surface area contributed by atoms with Crippen molar-refractivity contribution in [2.45, 2.75) is 20.8 Å². The molecule has 0 saturated carbocycles. The summed E-state index contributed by atoms with van der Waals surface area (Å²) in [4.78, 5) is 0. The molecule has 0 atom stereocenters. The average Bonchev–Trinajstić information content (AvgIpc) is 2.10. The van der Waals surface area contributed by atoms with E-state index in [2.05, 4.69) is 44.3 Å². The minimum absolute atomic E-state index is 0.331. The average molecular weight is 205 g/mol. The third-order valence-corrected chi connectivity index (χ3v) is 2.84. The largest absolute Gasteiger partial charge is 0.384 e. The second kappa shape index (κ2) is 3.86. The number of ether oxygens (including phenoxy) is 1. The fourth-order valence-electron chi connectivity index (χ4n) is 1.94. The number of nitrogens with one attached hydrogen (secondary N) is 1. The lowest BCUT2D eigenvalue weighted by molar-refractivity contribution is -0.0924. The van der Waals surface area contributed by atoms with E-state index in [-0.39, 0.29) is 0 Å². The van der Waals surface area contributed by atoms with Crippen molar-refractivity contribution in [3.05, 3.63) is 29.3 Å². The fraction of sp³-hybridized carbons (Fsp3) is 0.538. The van der Waals surface area contributed by atoms with Gasteiger partial charge in [-0.3, -0.25) is 0 Å². The SMILES string of the molecule is Cc1cc(C)cc(NCC2(C)COC2)c1. The molecular formula is C13H19NO. The maximum absolute atomic E-state index is 5.23. The topological polar surface area (TPSA) is 21.3 Å². The fourth-order valence-corrected chi connectivity index (χ4v) is 1.94. The first-order valence-corrected chi connectivity index (χ1v) is 5.47. The van der Waals surface area contributed by atoms with Crippen LogP contribution in [0.15, 0.2) is 18.2 Å². The summed E-state index contributed by atoms with van der Waals surface area (Å²) in [5.41, 5.74) is 4.18. The van der Waals surface area contributed by atoms with Crippen LogP contribution in [0.3, 0.4) is 0 Å². The summed E-state index contributed by atoms with van der Waals surface area (Å²) in [6, 6.07) is 6.57. The second-order valence-electron chi connectivity index (χ2n) is 5.03. The summed E-state index contributed by atoms with van der Waals surface area (Å²) in [6.45, 7) is 9.27. The standard InChI is InChI=1S/C13H19NO/c1-10-4-11(2)6-12(5-10)14-7-13(3)8-15-9-13/h4-6,14H,7-9H2,1-3H3. The molecule has 2 nitrogen and oxygen atoms in total. The van der Waals surface area contributed by atoms with Crippen LogP contribution >= 0.6 is 0 Å². The quantitative estimate of drug-likeness (QED) is 0.819. The molecule has 2 heteroatoms. The van der Waals surface area contributed by atoms with Crippen molar-refractivity contribution in [1.29, 1.82) is 0 Å². The Balaban J connectivity index is 1.98. The zero-order valence-corrected chi connectivity index (χ0v) is 9.76. The van der Waals surface area contributed by atoms with E-state index in [1.807, 2.05) is 0 Å². The van der Waals surface area contributed by atoms with Gasteiger partial charge in [0.1, 0.15) is 0 Å². The third-order valence-electron chi connectivity index (χ3n) is 2.84. The van der Waals surface area contributed by atoms with Gasteiger partial charge in [0.05, 0.1) is 13.2 Å². The molecule has 1 aromatic carbocycles. The van der Waals surface area contributed by atoms with E-state index >= 15 is 0 Å². The lowest BCUT2D eigenvalue weighted by Gasteiger charge is -2.38. The second-order valence-corrected chi connectivity index (χ2v) is 5.03. The van der Waals surface area contributed by atoms with Crippen LogP contribution in [0.1, 0.15) is 18.1 Å². The third kappa shape index (κ3) is 2.51. The van der Waals surface area contributed by atoms with E-state index in [4.69, 9.17) is 4.74 Å². The van der Waals surface area contributed by atoms with Gasteiger partial charge in [-0.2, -0.15) is 0 Å². The first kappa shape index (κ1) is 10.5. The molecule has 0 radical (unpaired) electrons. The molecule has 1 fully saturated rings. The molecule has 1 saturated heterocycles. The van der Waals surface area contributed by atoms with Crippen molar-refractivity contribution < 1.29 is 4.74 Å². The van der Waals surface area contributed by atoms with Gasteiger partial charge in [-0.15, -0.1) is 0 Å². The summed E-state index contributed by atoms with van der Waals surface area (Å²) in [5.74, 6) is 0. The zero-order chi connectivity index (χ0) is 10.9. The number of hydrogen-bond donors (Lipinski definition) is 1. The zero-order valence-electron chi connectivity index (χ0n) is 9.76. The number of rotatable bonds is 3. The monoisotopic (exact) mass is 205 g/mol. The van der Waals surface area contributed by atoms with E-state index in [0.29, 0.717) is 5.41 Å². The highest BCUT2D eigenvalue weighted by Crippen LogP contribution is 2.27. The highest BCUT2D eigenvalue weighted by molar-refractivity contribution is 5.48. The van der Waals surface area contributed by atoms with Crippen molar-refractivity contribution in [3.8, 4) is 0 Å². The van der Waals surface area contributed by atoms with Crippen molar-refractivity contribution in [1.82, 2.24) is 0 Å². The number of anilines is 1. The van der Waals surface area contributed by atoms with Gasteiger partial charge in [0.15, 0.2) is 0 Å². The molecule has 1 heterocycles. The Bertz CT molecular complexity index is 335. The summed E-state index contributed by atoms with van der Waals surface area (Å²) in [6.07, 6.45) is 0. The lowest BCUT2D eigenvalue weighted by atomic mass is 9.88. The van der Waals surface area contributed by atoms with Crippen molar-refractivity contribution in [2.75, 3.05) is 25.1 Å². The molecule has 82 valence electrons. The predicted octanol–water partition coefficient (Wildman–Crippen LogP) is 2.75. The molecule has 1 aliphatic rings. The molecule has 0 spiro atoms. The van der Waals surface area contributed by atoms with Crippen LogP contribution in [-0.4, -0.2) is 19.8 Å². The van der Waals surface area contributed by atoms with Gasteiger partial charge < -0.3 is 10.1 Å². The van der Waals surface area contributed by atoms with Gasteiger partial charge in [0, 0.05) is 17.6 Å². The minimum Gasteiger partial charge on any atom is -0.384 e.